The Balaban J connectivity index is 1.35. The van der Waals surface area contributed by atoms with Crippen LogP contribution in [0.1, 0.15) is 85.6 Å². The standard InChI is InChI=1S/C34H38N6O/c1-24-13-19-40(20-14-24)33-37-22-29(31(39-33)34(15-6-7-16-34)28-11-4-3-5-12-28)32(41)38-25(2)26-9-8-10-27(21-26)30-23-35-17-18-36-30/h3-5,8-12,17-18,21-25H,6-7,13-16,19-20H2,1-2H3,(H,38,41)/t25-/m0/s1. The Morgan fingerprint density at radius 3 is 2.49 bits per heavy atom. The van der Waals surface area contributed by atoms with Crippen LogP contribution in [0.2, 0.25) is 0 Å². The monoisotopic (exact) mass is 546 g/mol. The molecule has 1 atom stereocenters. The average Bonchev–Trinajstić information content (AvgIpc) is 3.53. The lowest BCUT2D eigenvalue weighted by Crippen LogP contribution is -2.37. The predicted octanol–water partition coefficient (Wildman–Crippen LogP) is 6.52. The summed E-state index contributed by atoms with van der Waals surface area (Å²) in [5.74, 6) is 1.32. The van der Waals surface area contributed by atoms with Crippen LogP contribution in [0.4, 0.5) is 5.95 Å². The van der Waals surface area contributed by atoms with Gasteiger partial charge in [-0.05, 0) is 55.7 Å². The van der Waals surface area contributed by atoms with Gasteiger partial charge in [0, 0.05) is 42.7 Å². The van der Waals surface area contributed by atoms with Gasteiger partial charge in [0.2, 0.25) is 5.95 Å². The molecule has 1 N–H and O–H groups in total. The van der Waals surface area contributed by atoms with E-state index in [4.69, 9.17) is 9.97 Å². The minimum atomic E-state index is -0.302. The van der Waals surface area contributed by atoms with Gasteiger partial charge in [0.25, 0.3) is 5.91 Å². The molecule has 2 aromatic carbocycles. The Kier molecular flexibility index (Phi) is 7.77. The van der Waals surface area contributed by atoms with E-state index in [1.165, 1.54) is 5.56 Å². The topological polar surface area (TPSA) is 83.9 Å². The van der Waals surface area contributed by atoms with Crippen molar-refractivity contribution < 1.29 is 4.79 Å². The van der Waals surface area contributed by atoms with Gasteiger partial charge in [-0.15, -0.1) is 0 Å². The van der Waals surface area contributed by atoms with Gasteiger partial charge in [-0.3, -0.25) is 14.8 Å². The van der Waals surface area contributed by atoms with E-state index >= 15 is 0 Å². The van der Waals surface area contributed by atoms with Gasteiger partial charge >= 0.3 is 0 Å². The van der Waals surface area contributed by atoms with Gasteiger partial charge in [0.1, 0.15) is 0 Å². The summed E-state index contributed by atoms with van der Waals surface area (Å²) >= 11 is 0. The normalized spacial score (nSPS) is 17.8. The van der Waals surface area contributed by atoms with Crippen LogP contribution in [-0.4, -0.2) is 38.9 Å². The zero-order chi connectivity index (χ0) is 28.2. The van der Waals surface area contributed by atoms with Gasteiger partial charge < -0.3 is 10.2 Å². The van der Waals surface area contributed by atoms with E-state index in [1.807, 2.05) is 25.1 Å². The van der Waals surface area contributed by atoms with Crippen LogP contribution in [0, 0.1) is 5.92 Å². The zero-order valence-electron chi connectivity index (χ0n) is 24.0. The molecule has 2 aliphatic rings. The lowest BCUT2D eigenvalue weighted by atomic mass is 9.74. The molecule has 2 fully saturated rings. The van der Waals surface area contributed by atoms with Crippen LogP contribution in [-0.2, 0) is 5.41 Å². The maximum atomic E-state index is 14.0. The molecular formula is C34H38N6O. The molecular weight excluding hydrogens is 508 g/mol. The van der Waals surface area contributed by atoms with Gasteiger partial charge in [-0.25, -0.2) is 9.97 Å². The van der Waals surface area contributed by atoms with Crippen molar-refractivity contribution in [3.63, 3.8) is 0 Å². The summed E-state index contributed by atoms with van der Waals surface area (Å²) in [7, 11) is 0. The zero-order valence-corrected chi connectivity index (χ0v) is 24.0. The number of benzene rings is 2. The van der Waals surface area contributed by atoms with Gasteiger partial charge in [-0.1, -0.05) is 68.3 Å². The highest BCUT2D eigenvalue weighted by Gasteiger charge is 2.42. The molecule has 1 aliphatic carbocycles. The molecule has 1 saturated heterocycles. The first-order chi connectivity index (χ1) is 20.0. The summed E-state index contributed by atoms with van der Waals surface area (Å²) in [6.07, 6.45) is 13.3. The van der Waals surface area contributed by atoms with Crippen LogP contribution in [0.25, 0.3) is 11.3 Å². The summed E-state index contributed by atoms with van der Waals surface area (Å²) in [6, 6.07) is 18.5. The summed E-state index contributed by atoms with van der Waals surface area (Å²) in [4.78, 5) is 35.0. The number of nitrogens with zero attached hydrogens (tertiary/aromatic N) is 5. The number of carbonyl (C=O) groups excluding carboxylic acids is 1. The molecule has 210 valence electrons. The van der Waals surface area contributed by atoms with E-state index in [9.17, 15) is 4.79 Å². The molecule has 0 radical (unpaired) electrons. The second kappa shape index (κ2) is 11.8. The summed E-state index contributed by atoms with van der Waals surface area (Å²) in [5.41, 5.74) is 5.14. The maximum absolute atomic E-state index is 14.0. The minimum absolute atomic E-state index is 0.140. The Morgan fingerprint density at radius 1 is 0.976 bits per heavy atom. The SMILES string of the molecule is CC1CCN(c2ncc(C(=O)N[C@@H](C)c3cccc(-c4cnccn4)c3)c(C3(c4ccccc4)CCCC3)n2)CC1. The summed E-state index contributed by atoms with van der Waals surface area (Å²) in [5, 5.41) is 3.26. The van der Waals surface area contributed by atoms with Crippen molar-refractivity contribution in [3.05, 3.63) is 102 Å². The van der Waals surface area contributed by atoms with Crippen LogP contribution < -0.4 is 10.2 Å². The van der Waals surface area contributed by atoms with E-state index in [2.05, 4.69) is 63.5 Å². The van der Waals surface area contributed by atoms with Crippen LogP contribution in [0.5, 0.6) is 0 Å². The number of hydrogen-bond acceptors (Lipinski definition) is 6. The second-order valence-corrected chi connectivity index (χ2v) is 11.7. The largest absolute Gasteiger partial charge is 0.345 e. The predicted molar refractivity (Wildman–Crippen MR) is 162 cm³/mol. The Labute approximate surface area is 242 Å². The number of amides is 1. The summed E-state index contributed by atoms with van der Waals surface area (Å²) < 4.78 is 0. The van der Waals surface area contributed by atoms with Crippen LogP contribution >= 0.6 is 0 Å². The number of anilines is 1. The third kappa shape index (κ3) is 5.58. The lowest BCUT2D eigenvalue weighted by Gasteiger charge is -2.34. The van der Waals surface area contributed by atoms with Crippen LogP contribution in [0.15, 0.2) is 79.4 Å². The molecule has 3 heterocycles. The molecule has 1 aliphatic heterocycles. The van der Waals surface area contributed by atoms with E-state index in [0.29, 0.717) is 5.56 Å². The molecule has 7 nitrogen and oxygen atoms in total. The number of nitrogens with one attached hydrogen (secondary N) is 1. The van der Waals surface area contributed by atoms with Crippen molar-refractivity contribution in [1.29, 1.82) is 0 Å². The Hall–Kier alpha value is -4.13. The van der Waals surface area contributed by atoms with E-state index < -0.39 is 0 Å². The third-order valence-corrected chi connectivity index (χ3v) is 8.92. The molecule has 0 spiro atoms. The van der Waals surface area contributed by atoms with Gasteiger partial charge in [-0.2, -0.15) is 0 Å². The Morgan fingerprint density at radius 2 is 1.76 bits per heavy atom. The Bertz CT molecular complexity index is 1480. The van der Waals surface area contributed by atoms with Crippen molar-refractivity contribution in [2.24, 2.45) is 5.92 Å². The number of carbonyl (C=O) groups is 1. The van der Waals surface area contributed by atoms with Crippen molar-refractivity contribution >= 4 is 11.9 Å². The quantitative estimate of drug-likeness (QED) is 0.284. The molecule has 6 rings (SSSR count). The lowest BCUT2D eigenvalue weighted by molar-refractivity contribution is 0.0936. The van der Waals surface area contributed by atoms with Crippen molar-refractivity contribution in [2.45, 2.75) is 63.8 Å². The summed E-state index contributed by atoms with van der Waals surface area (Å²) in [6.45, 7) is 6.22. The number of hydrogen-bond donors (Lipinski definition) is 1. The smallest absolute Gasteiger partial charge is 0.255 e. The molecule has 7 heteroatoms. The highest BCUT2D eigenvalue weighted by molar-refractivity contribution is 5.96. The van der Waals surface area contributed by atoms with E-state index in [1.54, 1.807) is 24.8 Å². The van der Waals surface area contributed by atoms with Crippen molar-refractivity contribution in [3.8, 4) is 11.3 Å². The fourth-order valence-corrected chi connectivity index (χ4v) is 6.44. The number of rotatable bonds is 7. The highest BCUT2D eigenvalue weighted by atomic mass is 16.1. The van der Waals surface area contributed by atoms with Gasteiger partial charge in [0.15, 0.2) is 0 Å². The third-order valence-electron chi connectivity index (χ3n) is 8.92. The van der Waals surface area contributed by atoms with E-state index in [-0.39, 0.29) is 17.4 Å². The van der Waals surface area contributed by atoms with E-state index in [0.717, 1.165) is 86.0 Å². The molecule has 0 bridgehead atoms. The molecule has 0 unspecified atom stereocenters. The second-order valence-electron chi connectivity index (χ2n) is 11.7. The molecule has 41 heavy (non-hydrogen) atoms. The minimum Gasteiger partial charge on any atom is -0.345 e. The van der Waals surface area contributed by atoms with Crippen LogP contribution in [0.3, 0.4) is 0 Å². The van der Waals surface area contributed by atoms with Crippen molar-refractivity contribution in [1.82, 2.24) is 25.3 Å². The first-order valence-corrected chi connectivity index (χ1v) is 14.9. The fourth-order valence-electron chi connectivity index (χ4n) is 6.44. The first-order valence-electron chi connectivity index (χ1n) is 14.9. The number of piperidine rings is 1. The average molecular weight is 547 g/mol. The van der Waals surface area contributed by atoms with Gasteiger partial charge in [0.05, 0.1) is 29.2 Å². The first kappa shape index (κ1) is 27.1. The van der Waals surface area contributed by atoms with Crippen molar-refractivity contribution in [2.75, 3.05) is 18.0 Å². The highest BCUT2D eigenvalue weighted by Crippen LogP contribution is 2.47. The maximum Gasteiger partial charge on any atom is 0.255 e. The molecule has 1 amide bonds. The molecule has 4 aromatic rings. The fraction of sp³-hybridized carbons (Fsp3) is 0.382. The molecule has 2 aromatic heterocycles. The molecule has 1 saturated carbocycles. The number of aromatic nitrogens is 4.